The third-order valence-electron chi connectivity index (χ3n) is 3.39. The highest BCUT2D eigenvalue weighted by atomic mass is 35.5. The molecule has 0 atom stereocenters. The lowest BCUT2D eigenvalue weighted by Gasteiger charge is -2.23. The number of fused-ring (bicyclic) bond motifs is 1. The fraction of sp³-hybridized carbons (Fsp3) is 0.286. The number of aromatic nitrogens is 2. The molecule has 1 aliphatic rings. The van der Waals surface area contributed by atoms with Gasteiger partial charge in [-0.1, -0.05) is 47.5 Å². The molecule has 1 aromatic carbocycles. The predicted molar refractivity (Wildman–Crippen MR) is 77.9 cm³/mol. The van der Waals surface area contributed by atoms with Gasteiger partial charge in [-0.25, -0.2) is 0 Å². The van der Waals surface area contributed by atoms with Crippen LogP contribution in [0.2, 0.25) is 10.3 Å². The summed E-state index contributed by atoms with van der Waals surface area (Å²) in [4.78, 5) is 2.22. The summed E-state index contributed by atoms with van der Waals surface area (Å²) in [7, 11) is 0. The van der Waals surface area contributed by atoms with Crippen molar-refractivity contribution >= 4 is 28.9 Å². The van der Waals surface area contributed by atoms with Gasteiger partial charge in [0.15, 0.2) is 10.3 Å². The minimum atomic E-state index is 0.372. The van der Waals surface area contributed by atoms with Gasteiger partial charge in [0.2, 0.25) is 0 Å². The molecule has 0 bridgehead atoms. The smallest absolute Gasteiger partial charge is 0.175 e. The van der Waals surface area contributed by atoms with Gasteiger partial charge in [-0.05, 0) is 24.0 Å². The number of hydrogen-bond donors (Lipinski definition) is 0. The van der Waals surface area contributed by atoms with Gasteiger partial charge >= 0.3 is 0 Å². The lowest BCUT2D eigenvalue weighted by Crippen LogP contribution is -2.23. The fourth-order valence-corrected chi connectivity index (χ4v) is 2.83. The molecule has 0 amide bonds. The quantitative estimate of drug-likeness (QED) is 0.802. The second-order valence-corrected chi connectivity index (χ2v) is 5.38. The molecule has 0 unspecified atom stereocenters. The molecule has 2 aromatic rings. The van der Waals surface area contributed by atoms with Crippen molar-refractivity contribution in [2.24, 2.45) is 0 Å². The second kappa shape index (κ2) is 5.35. The number of nitrogens with zero attached hydrogens (tertiary/aromatic N) is 3. The molecule has 0 spiro atoms. The predicted octanol–water partition coefficient (Wildman–Crippen LogP) is 3.74. The molecule has 0 radical (unpaired) electrons. The molecule has 3 nitrogen and oxygen atoms in total. The first-order chi connectivity index (χ1) is 9.24. The van der Waals surface area contributed by atoms with Crippen LogP contribution in [0.5, 0.6) is 0 Å². The van der Waals surface area contributed by atoms with Gasteiger partial charge in [-0.15, -0.1) is 10.2 Å². The van der Waals surface area contributed by atoms with Gasteiger partial charge in [0.25, 0.3) is 0 Å². The van der Waals surface area contributed by atoms with Gasteiger partial charge in [-0.2, -0.15) is 0 Å². The minimum Gasteiger partial charge on any atom is -0.365 e. The molecule has 0 saturated heterocycles. The van der Waals surface area contributed by atoms with Crippen LogP contribution in [-0.4, -0.2) is 16.7 Å². The Balaban J connectivity index is 1.96. The van der Waals surface area contributed by atoms with Crippen LogP contribution in [0, 0.1) is 0 Å². The Labute approximate surface area is 122 Å². The zero-order chi connectivity index (χ0) is 13.2. The zero-order valence-electron chi connectivity index (χ0n) is 10.3. The van der Waals surface area contributed by atoms with Crippen LogP contribution in [0.3, 0.4) is 0 Å². The first kappa shape index (κ1) is 12.7. The molecule has 0 N–H and O–H groups in total. The van der Waals surface area contributed by atoms with Gasteiger partial charge in [-0.3, -0.25) is 0 Å². The topological polar surface area (TPSA) is 29.0 Å². The summed E-state index contributed by atoms with van der Waals surface area (Å²) in [5.74, 6) is 0. The van der Waals surface area contributed by atoms with E-state index in [0.29, 0.717) is 10.3 Å². The lowest BCUT2D eigenvalue weighted by molar-refractivity contribution is 0.761. The maximum atomic E-state index is 6.14. The van der Waals surface area contributed by atoms with Crippen LogP contribution in [0.4, 0.5) is 5.69 Å². The largest absolute Gasteiger partial charge is 0.365 e. The van der Waals surface area contributed by atoms with Crippen LogP contribution < -0.4 is 4.90 Å². The Kier molecular flexibility index (Phi) is 3.58. The van der Waals surface area contributed by atoms with E-state index in [4.69, 9.17) is 23.2 Å². The van der Waals surface area contributed by atoms with Crippen LogP contribution in [0.1, 0.15) is 17.5 Å². The average Bonchev–Trinajstić information content (AvgIpc) is 2.63. The van der Waals surface area contributed by atoms with E-state index in [9.17, 15) is 0 Å². The Morgan fingerprint density at radius 1 is 1.05 bits per heavy atom. The third-order valence-corrected chi connectivity index (χ3v) is 3.85. The van der Waals surface area contributed by atoms with Gasteiger partial charge in [0, 0.05) is 19.2 Å². The minimum absolute atomic E-state index is 0.372. The average molecular weight is 294 g/mol. The molecular formula is C14H13Cl2N3. The third kappa shape index (κ3) is 2.67. The first-order valence-corrected chi connectivity index (χ1v) is 7.00. The van der Waals surface area contributed by atoms with Crippen molar-refractivity contribution in [3.8, 4) is 0 Å². The summed E-state index contributed by atoms with van der Waals surface area (Å²) in [6.07, 6.45) is 2.18. The molecule has 0 fully saturated rings. The van der Waals surface area contributed by atoms with E-state index in [1.807, 2.05) is 0 Å². The molecule has 1 aromatic heterocycles. The number of benzene rings is 1. The number of hydrogen-bond acceptors (Lipinski definition) is 3. The van der Waals surface area contributed by atoms with Crippen molar-refractivity contribution < 1.29 is 0 Å². The Hall–Kier alpha value is -1.32. The molecule has 5 heteroatoms. The molecule has 3 rings (SSSR count). The summed E-state index contributed by atoms with van der Waals surface area (Å²) in [5.41, 5.74) is 3.61. The van der Waals surface area contributed by atoms with E-state index in [2.05, 4.69) is 39.4 Å². The fourth-order valence-electron chi connectivity index (χ4n) is 2.47. The summed E-state index contributed by atoms with van der Waals surface area (Å²) in [6, 6.07) is 10.3. The van der Waals surface area contributed by atoms with E-state index in [0.717, 1.165) is 31.6 Å². The van der Waals surface area contributed by atoms with Crippen molar-refractivity contribution in [3.05, 3.63) is 51.8 Å². The standard InChI is InChI=1S/C14H13Cl2N3/c15-13-8-12(14(16)18-17-13)19-7-3-6-10-4-1-2-5-11(10)9-19/h1-2,4-5,8H,3,6-7,9H2. The van der Waals surface area contributed by atoms with Crippen molar-refractivity contribution in [3.63, 3.8) is 0 Å². The van der Waals surface area contributed by atoms with E-state index in [-0.39, 0.29) is 0 Å². The van der Waals surface area contributed by atoms with Crippen molar-refractivity contribution in [1.82, 2.24) is 10.2 Å². The van der Waals surface area contributed by atoms with Crippen LogP contribution in [0.15, 0.2) is 30.3 Å². The van der Waals surface area contributed by atoms with E-state index >= 15 is 0 Å². The van der Waals surface area contributed by atoms with Crippen molar-refractivity contribution in [2.45, 2.75) is 19.4 Å². The van der Waals surface area contributed by atoms with E-state index < -0.39 is 0 Å². The van der Waals surface area contributed by atoms with Crippen molar-refractivity contribution in [2.75, 3.05) is 11.4 Å². The number of anilines is 1. The number of rotatable bonds is 1. The molecule has 19 heavy (non-hydrogen) atoms. The Bertz CT molecular complexity index is 601. The van der Waals surface area contributed by atoms with E-state index in [1.54, 1.807) is 6.07 Å². The molecule has 0 aliphatic carbocycles. The SMILES string of the molecule is Clc1cc(N2CCCc3ccccc3C2)c(Cl)nn1. The highest BCUT2D eigenvalue weighted by molar-refractivity contribution is 6.33. The van der Waals surface area contributed by atoms with E-state index in [1.165, 1.54) is 11.1 Å². The number of aryl methyl sites for hydroxylation is 1. The summed E-state index contributed by atoms with van der Waals surface area (Å²) >= 11 is 12.1. The Morgan fingerprint density at radius 3 is 2.68 bits per heavy atom. The van der Waals surface area contributed by atoms with Crippen LogP contribution in [-0.2, 0) is 13.0 Å². The highest BCUT2D eigenvalue weighted by Gasteiger charge is 2.17. The van der Waals surface area contributed by atoms with Gasteiger partial charge in [0.05, 0.1) is 5.69 Å². The van der Waals surface area contributed by atoms with Crippen LogP contribution in [0.25, 0.3) is 0 Å². The van der Waals surface area contributed by atoms with Crippen LogP contribution >= 0.6 is 23.2 Å². The molecule has 1 aliphatic heterocycles. The summed E-state index contributed by atoms with van der Waals surface area (Å²) < 4.78 is 0. The van der Waals surface area contributed by atoms with Gasteiger partial charge < -0.3 is 4.90 Å². The molecule has 2 heterocycles. The second-order valence-electron chi connectivity index (χ2n) is 4.64. The summed E-state index contributed by atoms with van der Waals surface area (Å²) in [5, 5.41) is 8.42. The molecular weight excluding hydrogens is 281 g/mol. The zero-order valence-corrected chi connectivity index (χ0v) is 11.8. The van der Waals surface area contributed by atoms with Crippen molar-refractivity contribution in [1.29, 1.82) is 0 Å². The molecule has 98 valence electrons. The maximum Gasteiger partial charge on any atom is 0.175 e. The lowest BCUT2D eigenvalue weighted by atomic mass is 10.0. The summed E-state index contributed by atoms with van der Waals surface area (Å²) in [6.45, 7) is 1.77. The van der Waals surface area contributed by atoms with Gasteiger partial charge in [0.1, 0.15) is 0 Å². The highest BCUT2D eigenvalue weighted by Crippen LogP contribution is 2.29. The first-order valence-electron chi connectivity index (χ1n) is 6.24. The normalized spacial score (nSPS) is 14.9. The molecule has 0 saturated carbocycles. The monoisotopic (exact) mass is 293 g/mol. The maximum absolute atomic E-state index is 6.14. The number of halogens is 2. The Morgan fingerprint density at radius 2 is 1.84 bits per heavy atom.